The quantitative estimate of drug-likeness (QED) is 0.566. The van der Waals surface area contributed by atoms with Crippen molar-refractivity contribution in [1.82, 2.24) is 5.32 Å². The van der Waals surface area contributed by atoms with Gasteiger partial charge >= 0.3 is 0 Å². The Kier molecular flexibility index (Phi) is 6.80. The summed E-state index contributed by atoms with van der Waals surface area (Å²) >= 11 is 1.70. The molecule has 0 saturated carbocycles. The number of para-hydroxylation sites is 1. The molecule has 4 heteroatoms. The molecule has 0 saturated heterocycles. The second-order valence-electron chi connectivity index (χ2n) is 6.45. The lowest BCUT2D eigenvalue weighted by Crippen LogP contribution is -2.32. The first-order valence-electron chi connectivity index (χ1n) is 9.45. The third-order valence-electron chi connectivity index (χ3n) is 4.69. The van der Waals surface area contributed by atoms with Gasteiger partial charge in [0.1, 0.15) is 0 Å². The predicted octanol–water partition coefficient (Wildman–Crippen LogP) is 5.19. The van der Waals surface area contributed by atoms with Crippen LogP contribution in [0.15, 0.2) is 66.0 Å². The Morgan fingerprint density at radius 2 is 1.63 bits per heavy atom. The van der Waals surface area contributed by atoms with Crippen molar-refractivity contribution in [2.24, 2.45) is 0 Å². The van der Waals surface area contributed by atoms with Crippen molar-refractivity contribution in [2.45, 2.75) is 32.7 Å². The highest BCUT2D eigenvalue weighted by molar-refractivity contribution is 7.10. The Bertz CT molecular complexity index is 837. The van der Waals surface area contributed by atoms with E-state index in [4.69, 9.17) is 0 Å². The van der Waals surface area contributed by atoms with Crippen molar-refractivity contribution >= 4 is 22.9 Å². The third kappa shape index (κ3) is 4.85. The minimum absolute atomic E-state index is 0.0110. The first-order valence-corrected chi connectivity index (χ1v) is 10.3. The van der Waals surface area contributed by atoms with Crippen LogP contribution in [0.4, 0.5) is 5.69 Å². The highest BCUT2D eigenvalue weighted by atomic mass is 32.1. The van der Waals surface area contributed by atoms with Gasteiger partial charge in [0.25, 0.3) is 0 Å². The Hall–Kier alpha value is -2.43. The van der Waals surface area contributed by atoms with Gasteiger partial charge < -0.3 is 5.32 Å². The number of aryl methyl sites for hydroxylation is 2. The van der Waals surface area contributed by atoms with Crippen molar-refractivity contribution in [3.8, 4) is 0 Å². The number of rotatable bonds is 8. The van der Waals surface area contributed by atoms with E-state index in [0.29, 0.717) is 0 Å². The fraction of sp³-hybridized carbons (Fsp3) is 0.261. The molecule has 2 aromatic carbocycles. The Labute approximate surface area is 165 Å². The highest BCUT2D eigenvalue weighted by Gasteiger charge is 2.17. The molecule has 0 unspecified atom stereocenters. The minimum atomic E-state index is -0.0110. The maximum absolute atomic E-state index is 12.7. The van der Waals surface area contributed by atoms with E-state index in [9.17, 15) is 4.79 Å². The summed E-state index contributed by atoms with van der Waals surface area (Å²) < 4.78 is 0. The molecule has 0 spiro atoms. The molecule has 1 heterocycles. The summed E-state index contributed by atoms with van der Waals surface area (Å²) in [6.45, 7) is 4.49. The molecular formula is C23H26N2OS. The van der Waals surface area contributed by atoms with E-state index >= 15 is 0 Å². The third-order valence-corrected chi connectivity index (χ3v) is 5.63. The Morgan fingerprint density at radius 1 is 0.926 bits per heavy atom. The maximum Gasteiger partial charge on any atom is 0.238 e. The van der Waals surface area contributed by atoms with Gasteiger partial charge in [0.15, 0.2) is 0 Å². The molecule has 0 fully saturated rings. The van der Waals surface area contributed by atoms with Crippen molar-refractivity contribution in [3.63, 3.8) is 0 Å². The average molecular weight is 379 g/mol. The molecule has 0 aliphatic heterocycles. The van der Waals surface area contributed by atoms with Gasteiger partial charge in [-0.3, -0.25) is 10.1 Å². The molecule has 0 radical (unpaired) electrons. The van der Waals surface area contributed by atoms with Crippen LogP contribution in [0.1, 0.15) is 41.5 Å². The lowest BCUT2D eigenvalue weighted by molar-refractivity contribution is -0.115. The number of thiophene rings is 1. The summed E-state index contributed by atoms with van der Waals surface area (Å²) in [7, 11) is 0. The van der Waals surface area contributed by atoms with Gasteiger partial charge in [0.05, 0.1) is 12.6 Å². The molecule has 1 aromatic heterocycles. The predicted molar refractivity (Wildman–Crippen MR) is 114 cm³/mol. The highest BCUT2D eigenvalue weighted by Crippen LogP contribution is 2.26. The number of nitrogens with one attached hydrogen (secondary N) is 2. The topological polar surface area (TPSA) is 41.1 Å². The summed E-state index contributed by atoms with van der Waals surface area (Å²) in [5.74, 6) is -0.0110. The summed E-state index contributed by atoms with van der Waals surface area (Å²) in [4.78, 5) is 13.9. The number of amides is 1. The van der Waals surface area contributed by atoms with E-state index in [-0.39, 0.29) is 18.5 Å². The van der Waals surface area contributed by atoms with Gasteiger partial charge in [0.2, 0.25) is 5.91 Å². The number of carbonyl (C=O) groups is 1. The summed E-state index contributed by atoms with van der Waals surface area (Å²) in [5, 5.41) is 8.63. The Balaban J connectivity index is 1.72. The monoisotopic (exact) mass is 378 g/mol. The van der Waals surface area contributed by atoms with Crippen LogP contribution in [0.5, 0.6) is 0 Å². The molecule has 3 aromatic rings. The van der Waals surface area contributed by atoms with E-state index < -0.39 is 0 Å². The molecule has 1 amide bonds. The second kappa shape index (κ2) is 9.49. The maximum atomic E-state index is 12.7. The molecule has 0 aliphatic rings. The molecular weight excluding hydrogens is 352 g/mol. The fourth-order valence-electron chi connectivity index (χ4n) is 3.27. The van der Waals surface area contributed by atoms with E-state index in [0.717, 1.165) is 24.1 Å². The van der Waals surface area contributed by atoms with Crippen molar-refractivity contribution in [2.75, 3.05) is 11.9 Å². The van der Waals surface area contributed by atoms with Gasteiger partial charge in [-0.15, -0.1) is 11.3 Å². The molecule has 0 aliphatic carbocycles. The van der Waals surface area contributed by atoms with Crippen molar-refractivity contribution in [1.29, 1.82) is 0 Å². The SMILES string of the molecule is CCc1cccc(CC)c1NC(=O)CN[C@@H](c1ccccc1)c1cccs1. The zero-order chi connectivity index (χ0) is 19.1. The van der Waals surface area contributed by atoms with Crippen LogP contribution in [0.2, 0.25) is 0 Å². The van der Waals surface area contributed by atoms with Crippen LogP contribution in [0.3, 0.4) is 0 Å². The lowest BCUT2D eigenvalue weighted by atomic mass is 10.0. The van der Waals surface area contributed by atoms with Crippen LogP contribution < -0.4 is 10.6 Å². The smallest absolute Gasteiger partial charge is 0.238 e. The van der Waals surface area contributed by atoms with Crippen LogP contribution in [-0.2, 0) is 17.6 Å². The van der Waals surface area contributed by atoms with Crippen molar-refractivity contribution < 1.29 is 4.79 Å². The van der Waals surface area contributed by atoms with E-state index in [2.05, 4.69) is 66.3 Å². The summed E-state index contributed by atoms with van der Waals surface area (Å²) in [5.41, 5.74) is 4.50. The van der Waals surface area contributed by atoms with E-state index in [1.165, 1.54) is 16.0 Å². The zero-order valence-electron chi connectivity index (χ0n) is 15.9. The Morgan fingerprint density at radius 3 is 2.22 bits per heavy atom. The summed E-state index contributed by atoms with van der Waals surface area (Å²) in [6.07, 6.45) is 1.80. The van der Waals surface area contributed by atoms with Crippen molar-refractivity contribution in [3.05, 3.63) is 87.6 Å². The van der Waals surface area contributed by atoms with Gasteiger partial charge in [-0.25, -0.2) is 0 Å². The van der Waals surface area contributed by atoms with Crippen LogP contribution in [0.25, 0.3) is 0 Å². The van der Waals surface area contributed by atoms with Gasteiger partial charge in [-0.1, -0.05) is 68.4 Å². The largest absolute Gasteiger partial charge is 0.324 e. The van der Waals surface area contributed by atoms with E-state index in [1.54, 1.807) is 11.3 Å². The number of hydrogen-bond acceptors (Lipinski definition) is 3. The number of carbonyl (C=O) groups excluding carboxylic acids is 1. The van der Waals surface area contributed by atoms with E-state index in [1.807, 2.05) is 24.3 Å². The average Bonchev–Trinajstić information content (AvgIpc) is 3.23. The van der Waals surface area contributed by atoms with Gasteiger partial charge in [-0.05, 0) is 41.0 Å². The normalized spacial score (nSPS) is 11.9. The molecule has 27 heavy (non-hydrogen) atoms. The van der Waals surface area contributed by atoms with Crippen LogP contribution in [-0.4, -0.2) is 12.5 Å². The minimum Gasteiger partial charge on any atom is -0.324 e. The number of anilines is 1. The lowest BCUT2D eigenvalue weighted by Gasteiger charge is -2.19. The van der Waals surface area contributed by atoms with Gasteiger partial charge in [0, 0.05) is 10.6 Å². The van der Waals surface area contributed by atoms with Crippen LogP contribution in [0, 0.1) is 0 Å². The molecule has 140 valence electrons. The fourth-order valence-corrected chi connectivity index (χ4v) is 4.09. The standard InChI is InChI=1S/C23H26N2OS/c1-3-17-12-8-13-18(4-2)22(17)25-21(26)16-24-23(20-14-9-15-27-20)19-10-6-5-7-11-19/h5-15,23-24H,3-4,16H2,1-2H3,(H,25,26)/t23-/m0/s1. The molecule has 0 bridgehead atoms. The second-order valence-corrected chi connectivity index (χ2v) is 7.43. The first-order chi connectivity index (χ1) is 13.2. The number of hydrogen-bond donors (Lipinski definition) is 2. The summed E-state index contributed by atoms with van der Waals surface area (Å²) in [6, 6.07) is 20.7. The molecule has 2 N–H and O–H groups in total. The molecule has 1 atom stereocenters. The van der Waals surface area contributed by atoms with Gasteiger partial charge in [-0.2, -0.15) is 0 Å². The van der Waals surface area contributed by atoms with Crippen LogP contribution >= 0.6 is 11.3 Å². The number of benzene rings is 2. The molecule has 3 rings (SSSR count). The first kappa shape index (κ1) is 19.3. The molecule has 3 nitrogen and oxygen atoms in total. The zero-order valence-corrected chi connectivity index (χ0v) is 16.7.